The van der Waals surface area contributed by atoms with E-state index in [4.69, 9.17) is 0 Å². The predicted molar refractivity (Wildman–Crippen MR) is 79.0 cm³/mol. The second-order valence-electron chi connectivity index (χ2n) is 5.50. The van der Waals surface area contributed by atoms with Crippen molar-refractivity contribution >= 4 is 11.7 Å². The van der Waals surface area contributed by atoms with Crippen molar-refractivity contribution in [2.24, 2.45) is 0 Å². The number of hydrogen-bond acceptors (Lipinski definition) is 2. The summed E-state index contributed by atoms with van der Waals surface area (Å²) < 4.78 is 0. The molecule has 0 saturated heterocycles. The Hall–Kier alpha value is -2.29. The molecule has 3 rings (SSSR count). The van der Waals surface area contributed by atoms with Gasteiger partial charge in [-0.05, 0) is 35.7 Å². The highest BCUT2D eigenvalue weighted by molar-refractivity contribution is 5.85. The minimum absolute atomic E-state index is 0.520. The van der Waals surface area contributed by atoms with Gasteiger partial charge in [0.05, 0.1) is 0 Å². The van der Waals surface area contributed by atoms with E-state index in [1.54, 1.807) is 0 Å². The summed E-state index contributed by atoms with van der Waals surface area (Å²) in [6.45, 7) is 2.00. The molecule has 3 heteroatoms. The molecule has 0 aliphatic heterocycles. The Labute approximate surface area is 118 Å². The summed E-state index contributed by atoms with van der Waals surface area (Å²) in [5, 5.41) is 12.9. The Morgan fingerprint density at radius 1 is 1.10 bits per heavy atom. The third-order valence-electron chi connectivity index (χ3n) is 3.91. The van der Waals surface area contributed by atoms with Gasteiger partial charge in [-0.3, -0.25) is 0 Å². The molecule has 0 bridgehead atoms. The van der Waals surface area contributed by atoms with Crippen molar-refractivity contribution in [1.29, 1.82) is 0 Å². The molecule has 2 N–H and O–H groups in total. The van der Waals surface area contributed by atoms with Gasteiger partial charge in [0, 0.05) is 18.5 Å². The number of hydrogen-bond donors (Lipinski definition) is 2. The van der Waals surface area contributed by atoms with Crippen LogP contribution in [-0.4, -0.2) is 16.6 Å². The minimum atomic E-state index is -0.933. The van der Waals surface area contributed by atoms with Crippen LogP contribution >= 0.6 is 0 Å². The van der Waals surface area contributed by atoms with E-state index in [0.717, 1.165) is 22.4 Å². The summed E-state index contributed by atoms with van der Waals surface area (Å²) in [5.41, 5.74) is 3.29. The molecular formula is C17H17NO2. The molecule has 1 aliphatic carbocycles. The highest BCUT2D eigenvalue weighted by atomic mass is 16.4. The first kappa shape index (κ1) is 12.7. The van der Waals surface area contributed by atoms with Crippen LogP contribution in [0.4, 0.5) is 5.69 Å². The van der Waals surface area contributed by atoms with Gasteiger partial charge >= 0.3 is 5.97 Å². The first-order valence-corrected chi connectivity index (χ1v) is 6.74. The Kier molecular flexibility index (Phi) is 2.97. The maximum absolute atomic E-state index is 11.8. The smallest absolute Gasteiger partial charge is 0.330 e. The average molecular weight is 267 g/mol. The van der Waals surface area contributed by atoms with Gasteiger partial charge in [-0.2, -0.15) is 0 Å². The summed E-state index contributed by atoms with van der Waals surface area (Å²) in [4.78, 5) is 11.8. The van der Waals surface area contributed by atoms with Crippen LogP contribution in [0.2, 0.25) is 0 Å². The number of rotatable bonds is 3. The van der Waals surface area contributed by atoms with Crippen molar-refractivity contribution in [2.45, 2.75) is 25.3 Å². The van der Waals surface area contributed by atoms with Crippen molar-refractivity contribution in [3.63, 3.8) is 0 Å². The van der Waals surface area contributed by atoms with Crippen molar-refractivity contribution < 1.29 is 9.90 Å². The van der Waals surface area contributed by atoms with Crippen LogP contribution < -0.4 is 5.32 Å². The molecule has 2 aromatic rings. The molecule has 3 nitrogen and oxygen atoms in total. The molecule has 0 aromatic heterocycles. The molecule has 2 aromatic carbocycles. The van der Waals surface area contributed by atoms with E-state index >= 15 is 0 Å². The first-order valence-electron chi connectivity index (χ1n) is 6.74. The van der Waals surface area contributed by atoms with Crippen LogP contribution in [0, 0.1) is 6.92 Å². The highest BCUT2D eigenvalue weighted by Crippen LogP contribution is 2.33. The molecule has 102 valence electrons. The molecule has 0 amide bonds. The van der Waals surface area contributed by atoms with Gasteiger partial charge in [-0.1, -0.05) is 36.4 Å². The third-order valence-corrected chi connectivity index (χ3v) is 3.91. The zero-order valence-corrected chi connectivity index (χ0v) is 11.4. The van der Waals surface area contributed by atoms with Gasteiger partial charge in [-0.15, -0.1) is 0 Å². The number of aryl methyl sites for hydroxylation is 1. The van der Waals surface area contributed by atoms with E-state index in [9.17, 15) is 9.90 Å². The monoisotopic (exact) mass is 267 g/mol. The minimum Gasteiger partial charge on any atom is -0.479 e. The van der Waals surface area contributed by atoms with Gasteiger partial charge in [0.1, 0.15) is 5.54 Å². The molecule has 0 unspecified atom stereocenters. The van der Waals surface area contributed by atoms with Crippen LogP contribution in [0.15, 0.2) is 48.5 Å². The lowest BCUT2D eigenvalue weighted by Gasteiger charge is -2.27. The zero-order chi connectivity index (χ0) is 14.2. The standard InChI is InChI=1S/C17H17NO2/c1-12-5-4-8-15(9-12)18-17(16(19)20)10-13-6-2-3-7-14(13)11-17/h2-9,18H,10-11H2,1H3,(H,19,20). The number of anilines is 1. The van der Waals surface area contributed by atoms with E-state index in [0.29, 0.717) is 12.8 Å². The lowest BCUT2D eigenvalue weighted by Crippen LogP contribution is -2.47. The number of carboxylic acids is 1. The molecule has 0 radical (unpaired) electrons. The topological polar surface area (TPSA) is 49.3 Å². The largest absolute Gasteiger partial charge is 0.479 e. The molecule has 1 aliphatic rings. The van der Waals surface area contributed by atoms with Gasteiger partial charge in [0.25, 0.3) is 0 Å². The Bertz CT molecular complexity index is 639. The summed E-state index contributed by atoms with van der Waals surface area (Å²) in [5.74, 6) is -0.796. The lowest BCUT2D eigenvalue weighted by atomic mass is 9.95. The summed E-state index contributed by atoms with van der Waals surface area (Å²) in [6, 6.07) is 15.8. The van der Waals surface area contributed by atoms with Gasteiger partial charge in [0.2, 0.25) is 0 Å². The predicted octanol–water partition coefficient (Wildman–Crippen LogP) is 3.03. The van der Waals surface area contributed by atoms with Crippen LogP contribution in [0.3, 0.4) is 0 Å². The van der Waals surface area contributed by atoms with Crippen molar-refractivity contribution in [3.05, 3.63) is 65.2 Å². The fourth-order valence-corrected chi connectivity index (χ4v) is 2.91. The number of aliphatic carboxylic acids is 1. The molecule has 0 saturated carbocycles. The molecule has 0 fully saturated rings. The third kappa shape index (κ3) is 2.16. The molecular weight excluding hydrogens is 250 g/mol. The van der Waals surface area contributed by atoms with E-state index in [-0.39, 0.29) is 0 Å². The van der Waals surface area contributed by atoms with E-state index < -0.39 is 11.5 Å². The fourth-order valence-electron chi connectivity index (χ4n) is 2.91. The maximum atomic E-state index is 11.8. The SMILES string of the molecule is Cc1cccc(NC2(C(=O)O)Cc3ccccc3C2)c1. The zero-order valence-electron chi connectivity index (χ0n) is 11.4. The van der Waals surface area contributed by atoms with Crippen LogP contribution in [-0.2, 0) is 17.6 Å². The summed E-state index contributed by atoms with van der Waals surface area (Å²) in [6.07, 6.45) is 1.04. The molecule has 20 heavy (non-hydrogen) atoms. The van der Waals surface area contributed by atoms with Crippen molar-refractivity contribution in [1.82, 2.24) is 0 Å². The Morgan fingerprint density at radius 3 is 2.30 bits per heavy atom. The summed E-state index contributed by atoms with van der Waals surface area (Å²) >= 11 is 0. The molecule has 0 heterocycles. The summed E-state index contributed by atoms with van der Waals surface area (Å²) in [7, 11) is 0. The Morgan fingerprint density at radius 2 is 1.75 bits per heavy atom. The van der Waals surface area contributed by atoms with Gasteiger partial charge in [-0.25, -0.2) is 4.79 Å². The second kappa shape index (κ2) is 4.67. The number of carboxylic acid groups (broad SMARTS) is 1. The maximum Gasteiger partial charge on any atom is 0.330 e. The van der Waals surface area contributed by atoms with Crippen LogP contribution in [0.1, 0.15) is 16.7 Å². The normalized spacial score (nSPS) is 15.7. The quantitative estimate of drug-likeness (QED) is 0.898. The first-order chi connectivity index (χ1) is 9.59. The molecule has 0 spiro atoms. The van der Waals surface area contributed by atoms with E-state index in [2.05, 4.69) is 5.32 Å². The second-order valence-corrected chi connectivity index (χ2v) is 5.50. The number of fused-ring (bicyclic) bond motifs is 1. The lowest BCUT2D eigenvalue weighted by molar-refractivity contribution is -0.142. The van der Waals surface area contributed by atoms with Crippen LogP contribution in [0.5, 0.6) is 0 Å². The number of benzene rings is 2. The highest BCUT2D eigenvalue weighted by Gasteiger charge is 2.44. The van der Waals surface area contributed by atoms with Crippen molar-refractivity contribution in [2.75, 3.05) is 5.32 Å². The van der Waals surface area contributed by atoms with Crippen molar-refractivity contribution in [3.8, 4) is 0 Å². The average Bonchev–Trinajstić information content (AvgIpc) is 2.78. The van der Waals surface area contributed by atoms with Gasteiger partial charge < -0.3 is 10.4 Å². The molecule has 0 atom stereocenters. The van der Waals surface area contributed by atoms with Gasteiger partial charge in [0.15, 0.2) is 0 Å². The van der Waals surface area contributed by atoms with Crippen LogP contribution in [0.25, 0.3) is 0 Å². The van der Waals surface area contributed by atoms with E-state index in [1.165, 1.54) is 0 Å². The fraction of sp³-hybridized carbons (Fsp3) is 0.235. The van der Waals surface area contributed by atoms with E-state index in [1.807, 2.05) is 55.5 Å². The number of nitrogens with one attached hydrogen (secondary N) is 1. The Balaban J connectivity index is 1.94. The number of carbonyl (C=O) groups is 1.